The van der Waals surface area contributed by atoms with Gasteiger partial charge < -0.3 is 10.1 Å². The molecule has 1 amide bonds. The molecule has 1 aliphatic rings. The van der Waals surface area contributed by atoms with Crippen molar-refractivity contribution < 1.29 is 14.3 Å². The van der Waals surface area contributed by atoms with Gasteiger partial charge in [-0.25, -0.2) is 4.79 Å². The number of benzene rings is 1. The summed E-state index contributed by atoms with van der Waals surface area (Å²) in [4.78, 5) is 23.5. The molecule has 1 N–H and O–H groups in total. The maximum Gasteiger partial charge on any atom is 0.331 e. The van der Waals surface area contributed by atoms with E-state index in [9.17, 15) is 9.59 Å². The van der Waals surface area contributed by atoms with E-state index >= 15 is 0 Å². The molecule has 1 fully saturated rings. The highest BCUT2D eigenvalue weighted by Gasteiger charge is 2.19. The lowest BCUT2D eigenvalue weighted by molar-refractivity contribution is -0.144. The van der Waals surface area contributed by atoms with Crippen LogP contribution in [0.5, 0.6) is 0 Å². The zero-order valence-corrected chi connectivity index (χ0v) is 13.9. The van der Waals surface area contributed by atoms with Gasteiger partial charge in [0.05, 0.1) is 0 Å². The summed E-state index contributed by atoms with van der Waals surface area (Å²) in [5, 5.41) is 2.94. The Labute approximate surface area is 137 Å². The minimum absolute atomic E-state index is 0.219. The maximum atomic E-state index is 11.8. The van der Waals surface area contributed by atoms with Gasteiger partial charge in [-0.1, -0.05) is 36.8 Å². The van der Waals surface area contributed by atoms with E-state index in [1.165, 1.54) is 6.08 Å². The van der Waals surface area contributed by atoms with Gasteiger partial charge in [-0.05, 0) is 50.2 Å². The standard InChI is InChI=1S/C19H25NO3/c1-14-6-9-17(10-7-14)20-18(21)13-23-19(22)11-8-16-5-3-4-15(2)12-16/h3-5,8,11-12,14,17H,6-7,9-10,13H2,1-2H3,(H,20,21)/b11-8+. The lowest BCUT2D eigenvalue weighted by atomic mass is 9.87. The van der Waals surface area contributed by atoms with Crippen molar-refractivity contribution in [2.24, 2.45) is 5.92 Å². The van der Waals surface area contributed by atoms with Crippen LogP contribution < -0.4 is 5.32 Å². The molecule has 0 radical (unpaired) electrons. The Morgan fingerprint density at radius 1 is 1.26 bits per heavy atom. The van der Waals surface area contributed by atoms with Crippen LogP contribution in [-0.2, 0) is 14.3 Å². The van der Waals surface area contributed by atoms with E-state index in [-0.39, 0.29) is 18.6 Å². The highest BCUT2D eigenvalue weighted by atomic mass is 16.5. The normalized spacial score (nSPS) is 21.1. The second kappa shape index (κ2) is 8.51. The van der Waals surface area contributed by atoms with Crippen LogP contribution in [0.25, 0.3) is 6.08 Å². The van der Waals surface area contributed by atoms with Gasteiger partial charge in [-0.15, -0.1) is 0 Å². The topological polar surface area (TPSA) is 55.4 Å². The number of ether oxygens (including phenoxy) is 1. The molecule has 0 atom stereocenters. The van der Waals surface area contributed by atoms with Gasteiger partial charge >= 0.3 is 5.97 Å². The second-order valence-corrected chi connectivity index (χ2v) is 6.38. The SMILES string of the molecule is Cc1cccc(/C=C/C(=O)OCC(=O)NC2CCC(C)CC2)c1. The van der Waals surface area contributed by atoms with E-state index in [2.05, 4.69) is 12.2 Å². The summed E-state index contributed by atoms with van der Waals surface area (Å²) in [6.07, 6.45) is 7.34. The molecule has 0 heterocycles. The van der Waals surface area contributed by atoms with Gasteiger partial charge in [0, 0.05) is 12.1 Å². The molecule has 1 aliphatic carbocycles. The smallest absolute Gasteiger partial charge is 0.331 e. The molecule has 0 bridgehead atoms. The highest BCUT2D eigenvalue weighted by Crippen LogP contribution is 2.23. The molecule has 4 nitrogen and oxygen atoms in total. The van der Waals surface area contributed by atoms with Crippen molar-refractivity contribution in [1.82, 2.24) is 5.32 Å². The Balaban J connectivity index is 1.70. The minimum atomic E-state index is -0.501. The number of aryl methyl sites for hydroxylation is 1. The number of rotatable bonds is 5. The van der Waals surface area contributed by atoms with Crippen LogP contribution >= 0.6 is 0 Å². The van der Waals surface area contributed by atoms with Crippen molar-refractivity contribution in [3.05, 3.63) is 41.5 Å². The van der Waals surface area contributed by atoms with Crippen LogP contribution in [0.15, 0.2) is 30.3 Å². The first-order valence-electron chi connectivity index (χ1n) is 8.24. The molecule has 1 aromatic carbocycles. The third-order valence-electron chi connectivity index (χ3n) is 4.18. The fourth-order valence-electron chi connectivity index (χ4n) is 2.80. The highest BCUT2D eigenvalue weighted by molar-refractivity contribution is 5.89. The van der Waals surface area contributed by atoms with E-state index in [0.29, 0.717) is 0 Å². The van der Waals surface area contributed by atoms with Gasteiger partial charge in [-0.3, -0.25) is 4.79 Å². The number of amides is 1. The van der Waals surface area contributed by atoms with Crippen LogP contribution in [0.2, 0.25) is 0 Å². The van der Waals surface area contributed by atoms with Crippen molar-refractivity contribution in [3.63, 3.8) is 0 Å². The van der Waals surface area contributed by atoms with Crippen LogP contribution in [0.1, 0.15) is 43.7 Å². The van der Waals surface area contributed by atoms with Gasteiger partial charge in [-0.2, -0.15) is 0 Å². The summed E-state index contributed by atoms with van der Waals surface area (Å²) < 4.78 is 4.98. The Kier molecular flexibility index (Phi) is 6.39. The van der Waals surface area contributed by atoms with Crippen LogP contribution in [0.3, 0.4) is 0 Å². The fraction of sp³-hybridized carbons (Fsp3) is 0.474. The predicted molar refractivity (Wildman–Crippen MR) is 90.7 cm³/mol. The lowest BCUT2D eigenvalue weighted by Gasteiger charge is -2.26. The lowest BCUT2D eigenvalue weighted by Crippen LogP contribution is -2.39. The van der Waals surface area contributed by atoms with Crippen molar-refractivity contribution >= 4 is 18.0 Å². The molecule has 0 spiro atoms. The van der Waals surface area contributed by atoms with E-state index in [1.54, 1.807) is 6.08 Å². The van der Waals surface area contributed by atoms with Gasteiger partial charge in [0.25, 0.3) is 5.91 Å². The monoisotopic (exact) mass is 315 g/mol. The zero-order valence-electron chi connectivity index (χ0n) is 13.9. The number of nitrogens with one attached hydrogen (secondary N) is 1. The summed E-state index contributed by atoms with van der Waals surface area (Å²) >= 11 is 0. The third kappa shape index (κ3) is 6.27. The largest absolute Gasteiger partial charge is 0.452 e. The zero-order chi connectivity index (χ0) is 16.7. The van der Waals surface area contributed by atoms with Gasteiger partial charge in [0.1, 0.15) is 0 Å². The number of hydrogen-bond donors (Lipinski definition) is 1. The molecule has 0 saturated heterocycles. The van der Waals surface area contributed by atoms with Crippen LogP contribution in [0, 0.1) is 12.8 Å². The van der Waals surface area contributed by atoms with Crippen LogP contribution in [-0.4, -0.2) is 24.5 Å². The molecule has 2 rings (SSSR count). The molecule has 4 heteroatoms. The number of carbonyl (C=O) groups excluding carboxylic acids is 2. The Hall–Kier alpha value is -2.10. The summed E-state index contributed by atoms with van der Waals surface area (Å²) in [6, 6.07) is 8.03. The predicted octanol–water partition coefficient (Wildman–Crippen LogP) is 3.25. The molecule has 0 aliphatic heterocycles. The first kappa shape index (κ1) is 17.3. The molecule has 1 saturated carbocycles. The molecule has 0 unspecified atom stereocenters. The van der Waals surface area contributed by atoms with Gasteiger partial charge in [0.15, 0.2) is 6.61 Å². The van der Waals surface area contributed by atoms with Crippen molar-refractivity contribution in [3.8, 4) is 0 Å². The molecular weight excluding hydrogens is 290 g/mol. The maximum absolute atomic E-state index is 11.8. The molecule has 0 aromatic heterocycles. The average Bonchev–Trinajstić information content (AvgIpc) is 2.53. The number of esters is 1. The summed E-state index contributed by atoms with van der Waals surface area (Å²) in [5.41, 5.74) is 2.06. The fourth-order valence-corrected chi connectivity index (χ4v) is 2.80. The Morgan fingerprint density at radius 3 is 2.70 bits per heavy atom. The summed E-state index contributed by atoms with van der Waals surface area (Å²) in [5.74, 6) is 0.0218. The van der Waals surface area contributed by atoms with E-state index in [0.717, 1.165) is 42.7 Å². The van der Waals surface area contributed by atoms with Crippen molar-refractivity contribution in [1.29, 1.82) is 0 Å². The molecule has 124 valence electrons. The Morgan fingerprint density at radius 2 is 2.00 bits per heavy atom. The van der Waals surface area contributed by atoms with E-state index in [1.807, 2.05) is 31.2 Å². The van der Waals surface area contributed by atoms with Crippen LogP contribution in [0.4, 0.5) is 0 Å². The summed E-state index contributed by atoms with van der Waals surface area (Å²) in [6.45, 7) is 4.01. The Bertz CT molecular complexity index is 572. The summed E-state index contributed by atoms with van der Waals surface area (Å²) in [7, 11) is 0. The first-order chi connectivity index (χ1) is 11.0. The molecular formula is C19H25NO3. The van der Waals surface area contributed by atoms with E-state index < -0.39 is 5.97 Å². The van der Waals surface area contributed by atoms with Crippen molar-refractivity contribution in [2.75, 3.05) is 6.61 Å². The molecule has 1 aromatic rings. The average molecular weight is 315 g/mol. The first-order valence-corrected chi connectivity index (χ1v) is 8.24. The van der Waals surface area contributed by atoms with E-state index in [4.69, 9.17) is 4.74 Å². The minimum Gasteiger partial charge on any atom is -0.452 e. The third-order valence-corrected chi connectivity index (χ3v) is 4.18. The second-order valence-electron chi connectivity index (χ2n) is 6.38. The quantitative estimate of drug-likeness (QED) is 0.670. The molecule has 23 heavy (non-hydrogen) atoms. The number of hydrogen-bond acceptors (Lipinski definition) is 3. The van der Waals surface area contributed by atoms with Crippen molar-refractivity contribution in [2.45, 2.75) is 45.6 Å². The van der Waals surface area contributed by atoms with Gasteiger partial charge in [0.2, 0.25) is 0 Å². The number of carbonyl (C=O) groups is 2.